The Labute approximate surface area is 199 Å². The summed E-state index contributed by atoms with van der Waals surface area (Å²) >= 11 is 0. The largest absolute Gasteiger partial charge is 0.454 e. The number of hydrogen-bond donors (Lipinski definition) is 2. The molecule has 8 nitrogen and oxygen atoms in total. The lowest BCUT2D eigenvalue weighted by molar-refractivity contribution is 0.0895. The third-order valence-electron chi connectivity index (χ3n) is 7.64. The first-order chi connectivity index (χ1) is 16.2. The number of aromatic amines is 1. The van der Waals surface area contributed by atoms with Crippen molar-refractivity contribution in [1.82, 2.24) is 19.7 Å². The van der Waals surface area contributed by atoms with E-state index in [1.165, 1.54) is 6.26 Å². The second-order valence-corrected chi connectivity index (χ2v) is 11.7. The molecule has 0 spiro atoms. The molecule has 0 unspecified atom stereocenters. The number of sulfonamides is 1. The monoisotopic (exact) mass is 480 g/mol. The number of benzene rings is 1. The third-order valence-corrected chi connectivity index (χ3v) is 8.45. The van der Waals surface area contributed by atoms with Crippen molar-refractivity contribution in [3.05, 3.63) is 47.9 Å². The number of imidazole rings is 1. The number of rotatable bonds is 5. The maximum absolute atomic E-state index is 11.9. The van der Waals surface area contributed by atoms with Crippen LogP contribution >= 0.6 is 0 Å². The van der Waals surface area contributed by atoms with Gasteiger partial charge in [-0.15, -0.1) is 0 Å². The number of fused-ring (bicyclic) bond motifs is 4. The second kappa shape index (κ2) is 7.55. The second-order valence-electron chi connectivity index (χ2n) is 9.98. The highest BCUT2D eigenvalue weighted by Crippen LogP contribution is 2.54. The van der Waals surface area contributed by atoms with Crippen molar-refractivity contribution in [1.29, 1.82) is 0 Å². The summed E-state index contributed by atoms with van der Waals surface area (Å²) in [4.78, 5) is 13.6. The summed E-state index contributed by atoms with van der Waals surface area (Å²) in [7, 11) is -3.24. The molecule has 0 saturated heterocycles. The molecule has 0 amide bonds. The van der Waals surface area contributed by atoms with E-state index in [2.05, 4.69) is 9.71 Å². The molecule has 9 heteroatoms. The molecule has 34 heavy (non-hydrogen) atoms. The van der Waals surface area contributed by atoms with Crippen molar-refractivity contribution in [2.24, 2.45) is 0 Å². The molecule has 3 fully saturated rings. The highest BCUT2D eigenvalue weighted by molar-refractivity contribution is 7.88. The van der Waals surface area contributed by atoms with Crippen LogP contribution in [0.4, 0.5) is 0 Å². The average Bonchev–Trinajstić information content (AvgIpc) is 3.46. The normalized spacial score (nSPS) is 25.6. The SMILES string of the molecule is Cc1cccc(-c2[nH]c(C34CCC(NS(C)(=O)=O)(CC3)CC4)nc2-c2ccc3c(c2)OCO3)n1. The molecule has 1 aromatic carbocycles. The van der Waals surface area contributed by atoms with E-state index in [1.54, 1.807) is 0 Å². The van der Waals surface area contributed by atoms with Crippen LogP contribution in [0.1, 0.15) is 50.0 Å². The van der Waals surface area contributed by atoms with Gasteiger partial charge in [-0.2, -0.15) is 0 Å². The Morgan fingerprint density at radius 2 is 1.71 bits per heavy atom. The smallest absolute Gasteiger partial charge is 0.231 e. The Bertz CT molecular complexity index is 1360. The van der Waals surface area contributed by atoms with Crippen LogP contribution in [0.5, 0.6) is 11.5 Å². The Balaban J connectivity index is 1.41. The number of pyridine rings is 1. The molecular weight excluding hydrogens is 452 g/mol. The number of hydrogen-bond acceptors (Lipinski definition) is 6. The number of aromatic nitrogens is 3. The van der Waals surface area contributed by atoms with E-state index < -0.39 is 10.0 Å². The van der Waals surface area contributed by atoms with Crippen LogP contribution in [-0.2, 0) is 15.4 Å². The van der Waals surface area contributed by atoms with Crippen molar-refractivity contribution >= 4 is 10.0 Å². The molecule has 3 saturated carbocycles. The van der Waals surface area contributed by atoms with Gasteiger partial charge in [0, 0.05) is 22.2 Å². The Morgan fingerprint density at radius 1 is 0.971 bits per heavy atom. The van der Waals surface area contributed by atoms with Gasteiger partial charge in [-0.05, 0) is 75.8 Å². The molecular formula is C25H28N4O4S. The van der Waals surface area contributed by atoms with Crippen LogP contribution in [0.3, 0.4) is 0 Å². The quantitative estimate of drug-likeness (QED) is 0.570. The summed E-state index contributed by atoms with van der Waals surface area (Å²) in [5, 5.41) is 0. The number of nitrogens with zero attached hydrogens (tertiary/aromatic N) is 2. The molecule has 3 heterocycles. The molecule has 2 aromatic heterocycles. The highest BCUT2D eigenvalue weighted by Gasteiger charge is 2.52. The minimum absolute atomic E-state index is 0.0892. The Kier molecular flexibility index (Phi) is 4.80. The van der Waals surface area contributed by atoms with E-state index in [9.17, 15) is 8.42 Å². The first kappa shape index (κ1) is 21.6. The van der Waals surface area contributed by atoms with Gasteiger partial charge in [0.25, 0.3) is 0 Å². The summed E-state index contributed by atoms with van der Waals surface area (Å²) in [5.74, 6) is 2.42. The molecule has 178 valence electrons. The van der Waals surface area contributed by atoms with E-state index in [4.69, 9.17) is 19.4 Å². The maximum Gasteiger partial charge on any atom is 0.231 e. The fraction of sp³-hybridized carbons (Fsp3) is 0.440. The van der Waals surface area contributed by atoms with Crippen molar-refractivity contribution in [3.63, 3.8) is 0 Å². The lowest BCUT2D eigenvalue weighted by atomic mass is 9.57. The molecule has 1 aliphatic heterocycles. The molecule has 0 atom stereocenters. The van der Waals surface area contributed by atoms with Gasteiger partial charge in [-0.3, -0.25) is 4.98 Å². The number of ether oxygens (including phenoxy) is 2. The van der Waals surface area contributed by atoms with Gasteiger partial charge in [0.2, 0.25) is 16.8 Å². The van der Waals surface area contributed by atoms with Crippen LogP contribution in [0, 0.1) is 6.92 Å². The lowest BCUT2D eigenvalue weighted by Gasteiger charge is -2.52. The summed E-state index contributed by atoms with van der Waals surface area (Å²) in [5.41, 5.74) is 4.07. The van der Waals surface area contributed by atoms with Gasteiger partial charge in [0.05, 0.1) is 23.3 Å². The topological polar surface area (TPSA) is 106 Å². The predicted octanol–water partition coefficient (Wildman–Crippen LogP) is 4.07. The van der Waals surface area contributed by atoms with Gasteiger partial charge in [0.1, 0.15) is 5.82 Å². The van der Waals surface area contributed by atoms with Gasteiger partial charge < -0.3 is 14.5 Å². The summed E-state index contributed by atoms with van der Waals surface area (Å²) in [6.45, 7) is 2.21. The molecule has 7 rings (SSSR count). The molecule has 2 N–H and O–H groups in total. The van der Waals surface area contributed by atoms with Crippen molar-refractivity contribution < 1.29 is 17.9 Å². The van der Waals surface area contributed by atoms with E-state index in [1.807, 2.05) is 43.3 Å². The average molecular weight is 481 g/mol. The summed E-state index contributed by atoms with van der Waals surface area (Å²) in [6, 6.07) is 11.9. The zero-order chi connectivity index (χ0) is 23.6. The summed E-state index contributed by atoms with van der Waals surface area (Å²) < 4.78 is 37.9. The number of nitrogens with one attached hydrogen (secondary N) is 2. The van der Waals surface area contributed by atoms with E-state index in [0.717, 1.165) is 84.2 Å². The molecule has 3 aromatic rings. The van der Waals surface area contributed by atoms with E-state index in [0.29, 0.717) is 0 Å². The predicted molar refractivity (Wildman–Crippen MR) is 128 cm³/mol. The molecule has 2 bridgehead atoms. The fourth-order valence-electron chi connectivity index (χ4n) is 5.83. The highest BCUT2D eigenvalue weighted by atomic mass is 32.2. The summed E-state index contributed by atoms with van der Waals surface area (Å²) in [6.07, 6.45) is 6.39. The lowest BCUT2D eigenvalue weighted by Crippen LogP contribution is -2.57. The van der Waals surface area contributed by atoms with Crippen LogP contribution in [0.15, 0.2) is 36.4 Å². The first-order valence-corrected chi connectivity index (χ1v) is 13.6. The van der Waals surface area contributed by atoms with Gasteiger partial charge in [0.15, 0.2) is 11.5 Å². The van der Waals surface area contributed by atoms with Crippen LogP contribution in [-0.4, -0.2) is 42.0 Å². The zero-order valence-electron chi connectivity index (χ0n) is 19.3. The number of H-pyrrole nitrogens is 1. The van der Waals surface area contributed by atoms with Crippen molar-refractivity contribution in [2.45, 2.75) is 56.4 Å². The van der Waals surface area contributed by atoms with E-state index in [-0.39, 0.29) is 17.7 Å². The standard InChI is InChI=1S/C25H28N4O4S/c1-16-4-3-5-18(26-16)22-21(17-6-7-19-20(14-17)33-15-32-19)27-23(28-22)24-8-11-25(12-9-24,13-10-24)29-34(2,30)31/h3-7,14,29H,8-13,15H2,1-2H3,(H,27,28). The van der Waals surface area contributed by atoms with Gasteiger partial charge in [-0.25, -0.2) is 18.1 Å². The Morgan fingerprint density at radius 3 is 2.41 bits per heavy atom. The van der Waals surface area contributed by atoms with Crippen LogP contribution in [0.2, 0.25) is 0 Å². The fourth-order valence-corrected chi connectivity index (χ4v) is 6.92. The minimum Gasteiger partial charge on any atom is -0.454 e. The maximum atomic E-state index is 11.9. The number of aryl methyl sites for hydroxylation is 1. The van der Waals surface area contributed by atoms with Gasteiger partial charge in [-0.1, -0.05) is 6.07 Å². The van der Waals surface area contributed by atoms with Gasteiger partial charge >= 0.3 is 0 Å². The Hall–Kier alpha value is -2.91. The van der Waals surface area contributed by atoms with Crippen LogP contribution in [0.25, 0.3) is 22.6 Å². The molecule has 3 aliphatic carbocycles. The van der Waals surface area contributed by atoms with Crippen LogP contribution < -0.4 is 14.2 Å². The van der Waals surface area contributed by atoms with Crippen molar-refractivity contribution in [3.8, 4) is 34.1 Å². The zero-order valence-corrected chi connectivity index (χ0v) is 20.2. The third kappa shape index (κ3) is 3.67. The molecule has 0 radical (unpaired) electrons. The minimum atomic E-state index is -3.24. The molecule has 4 aliphatic rings. The van der Waals surface area contributed by atoms with Crippen molar-refractivity contribution in [2.75, 3.05) is 13.0 Å². The first-order valence-electron chi connectivity index (χ1n) is 11.7. The van der Waals surface area contributed by atoms with E-state index >= 15 is 0 Å².